The van der Waals surface area contributed by atoms with Crippen molar-refractivity contribution in [3.05, 3.63) is 41.5 Å². The standard InChI is InChI=1S/C13H12ClNO2/c1-8(6-14)7-15-11-9(2)4-3-5-10(11)12(16)13(15)17/h3-5H,1,6-7H2,2H3. The molecule has 0 unspecified atom stereocenters. The third-order valence-electron chi connectivity index (χ3n) is 2.76. The molecule has 1 aliphatic rings. The zero-order valence-electron chi connectivity index (χ0n) is 9.50. The second-order valence-corrected chi connectivity index (χ2v) is 4.34. The number of Topliss-reactive ketones (excluding diaryl/α,β-unsaturated/α-hetero) is 1. The molecule has 17 heavy (non-hydrogen) atoms. The number of alkyl halides is 1. The molecule has 0 saturated heterocycles. The number of rotatable bonds is 3. The first kappa shape index (κ1) is 11.9. The second-order valence-electron chi connectivity index (χ2n) is 4.08. The lowest BCUT2D eigenvalue weighted by molar-refractivity contribution is -0.114. The van der Waals surface area contributed by atoms with E-state index in [2.05, 4.69) is 6.58 Å². The molecule has 1 amide bonds. The Morgan fingerprint density at radius 3 is 2.76 bits per heavy atom. The summed E-state index contributed by atoms with van der Waals surface area (Å²) in [6.45, 7) is 5.94. The fourth-order valence-electron chi connectivity index (χ4n) is 1.96. The molecule has 4 heteroatoms. The van der Waals surface area contributed by atoms with Gasteiger partial charge in [-0.15, -0.1) is 11.6 Å². The zero-order valence-corrected chi connectivity index (χ0v) is 10.3. The molecule has 3 nitrogen and oxygen atoms in total. The van der Waals surface area contributed by atoms with Crippen LogP contribution in [0, 0.1) is 6.92 Å². The molecule has 0 bridgehead atoms. The van der Waals surface area contributed by atoms with Crippen molar-refractivity contribution in [1.29, 1.82) is 0 Å². The van der Waals surface area contributed by atoms with Gasteiger partial charge in [0, 0.05) is 12.4 Å². The summed E-state index contributed by atoms with van der Waals surface area (Å²) in [6, 6.07) is 5.33. The van der Waals surface area contributed by atoms with Gasteiger partial charge in [0.05, 0.1) is 11.3 Å². The molecule has 1 heterocycles. The number of hydrogen-bond donors (Lipinski definition) is 0. The average Bonchev–Trinajstić information content (AvgIpc) is 2.56. The Morgan fingerprint density at radius 1 is 1.41 bits per heavy atom. The van der Waals surface area contributed by atoms with Crippen LogP contribution in [-0.4, -0.2) is 24.1 Å². The highest BCUT2D eigenvalue weighted by Crippen LogP contribution is 2.32. The number of halogens is 1. The van der Waals surface area contributed by atoms with Crippen LogP contribution in [0.1, 0.15) is 15.9 Å². The number of carbonyl (C=O) groups is 2. The number of benzene rings is 1. The normalized spacial score (nSPS) is 14.1. The minimum atomic E-state index is -0.499. The molecule has 0 saturated carbocycles. The zero-order chi connectivity index (χ0) is 12.6. The fraction of sp³-hybridized carbons (Fsp3) is 0.231. The van der Waals surface area contributed by atoms with Gasteiger partial charge in [-0.1, -0.05) is 18.7 Å². The lowest BCUT2D eigenvalue weighted by atomic mass is 10.1. The summed E-state index contributed by atoms with van der Waals surface area (Å²) in [5, 5.41) is 0. The van der Waals surface area contributed by atoms with Crippen molar-refractivity contribution in [3.63, 3.8) is 0 Å². The number of fused-ring (bicyclic) bond motifs is 1. The summed E-state index contributed by atoms with van der Waals surface area (Å²) < 4.78 is 0. The van der Waals surface area contributed by atoms with E-state index in [1.807, 2.05) is 13.0 Å². The third kappa shape index (κ3) is 1.87. The van der Waals surface area contributed by atoms with Gasteiger partial charge in [-0.2, -0.15) is 0 Å². The molecular formula is C13H12ClNO2. The molecule has 0 aliphatic carbocycles. The predicted octanol–water partition coefficient (Wildman–Crippen LogP) is 2.32. The molecule has 0 N–H and O–H groups in total. The van der Waals surface area contributed by atoms with Gasteiger partial charge >= 0.3 is 0 Å². The summed E-state index contributed by atoms with van der Waals surface area (Å²) in [5.41, 5.74) is 2.78. The fourth-order valence-corrected chi connectivity index (χ4v) is 2.04. The van der Waals surface area contributed by atoms with Gasteiger partial charge < -0.3 is 4.90 Å². The average molecular weight is 250 g/mol. The smallest absolute Gasteiger partial charge is 0.299 e. The van der Waals surface area contributed by atoms with E-state index in [0.29, 0.717) is 23.4 Å². The van der Waals surface area contributed by atoms with E-state index in [1.165, 1.54) is 4.90 Å². The first-order chi connectivity index (χ1) is 8.06. The van der Waals surface area contributed by atoms with E-state index < -0.39 is 11.7 Å². The Bertz CT molecular complexity index is 522. The van der Waals surface area contributed by atoms with E-state index in [-0.39, 0.29) is 5.88 Å². The van der Waals surface area contributed by atoms with Crippen molar-refractivity contribution in [1.82, 2.24) is 0 Å². The van der Waals surface area contributed by atoms with E-state index in [9.17, 15) is 9.59 Å². The van der Waals surface area contributed by atoms with Gasteiger partial charge in [-0.05, 0) is 24.1 Å². The van der Waals surface area contributed by atoms with Gasteiger partial charge in [0.25, 0.3) is 11.7 Å². The molecule has 0 fully saturated rings. The van der Waals surface area contributed by atoms with Crippen LogP contribution < -0.4 is 4.90 Å². The van der Waals surface area contributed by atoms with Crippen LogP contribution in [0.2, 0.25) is 0 Å². The molecule has 0 aromatic heterocycles. The number of nitrogens with zero attached hydrogens (tertiary/aromatic N) is 1. The molecule has 88 valence electrons. The molecule has 1 aliphatic heterocycles. The number of aryl methyl sites for hydroxylation is 1. The van der Waals surface area contributed by atoms with Crippen molar-refractivity contribution in [3.8, 4) is 0 Å². The summed E-state index contributed by atoms with van der Waals surface area (Å²) in [7, 11) is 0. The molecular weight excluding hydrogens is 238 g/mol. The number of anilines is 1. The van der Waals surface area contributed by atoms with E-state index in [0.717, 1.165) is 5.56 Å². The number of carbonyl (C=O) groups excluding carboxylic acids is 2. The summed E-state index contributed by atoms with van der Waals surface area (Å²) in [4.78, 5) is 25.1. The Balaban J connectivity index is 2.47. The van der Waals surface area contributed by atoms with Crippen LogP contribution >= 0.6 is 11.6 Å². The van der Waals surface area contributed by atoms with Gasteiger partial charge in [0.15, 0.2) is 0 Å². The number of hydrogen-bond acceptors (Lipinski definition) is 2. The lowest BCUT2D eigenvalue weighted by Gasteiger charge is -2.18. The second kappa shape index (κ2) is 4.34. The Kier molecular flexibility index (Phi) is 3.03. The van der Waals surface area contributed by atoms with Crippen LogP contribution in [0.25, 0.3) is 0 Å². The van der Waals surface area contributed by atoms with Crippen LogP contribution in [0.5, 0.6) is 0 Å². The van der Waals surface area contributed by atoms with Gasteiger partial charge in [-0.25, -0.2) is 0 Å². The highest BCUT2D eigenvalue weighted by Gasteiger charge is 2.36. The number of amides is 1. The SMILES string of the molecule is C=C(CCl)CN1C(=O)C(=O)c2cccc(C)c21. The van der Waals surface area contributed by atoms with Gasteiger partial charge in [0.2, 0.25) is 0 Å². The molecule has 1 aromatic rings. The van der Waals surface area contributed by atoms with Crippen molar-refractivity contribution in [2.45, 2.75) is 6.92 Å². The minimum absolute atomic E-state index is 0.277. The molecule has 0 spiro atoms. The molecule has 2 rings (SSSR count). The van der Waals surface area contributed by atoms with Crippen molar-refractivity contribution in [2.75, 3.05) is 17.3 Å². The topological polar surface area (TPSA) is 37.4 Å². The lowest BCUT2D eigenvalue weighted by Crippen LogP contribution is -2.32. The largest absolute Gasteiger partial charge is 0.300 e. The maximum Gasteiger partial charge on any atom is 0.299 e. The summed E-state index contributed by atoms with van der Waals surface area (Å²) >= 11 is 5.66. The van der Waals surface area contributed by atoms with E-state index in [4.69, 9.17) is 11.6 Å². The monoisotopic (exact) mass is 249 g/mol. The van der Waals surface area contributed by atoms with Gasteiger partial charge in [0.1, 0.15) is 0 Å². The van der Waals surface area contributed by atoms with Crippen LogP contribution in [0.15, 0.2) is 30.4 Å². The number of ketones is 1. The predicted molar refractivity (Wildman–Crippen MR) is 67.7 cm³/mol. The highest BCUT2D eigenvalue weighted by molar-refractivity contribution is 6.52. The van der Waals surface area contributed by atoms with Crippen molar-refractivity contribution < 1.29 is 9.59 Å². The van der Waals surface area contributed by atoms with Crippen molar-refractivity contribution in [2.24, 2.45) is 0 Å². The van der Waals surface area contributed by atoms with Crippen LogP contribution in [-0.2, 0) is 4.79 Å². The summed E-state index contributed by atoms with van der Waals surface area (Å²) in [6.07, 6.45) is 0. The Hall–Kier alpha value is -1.61. The van der Waals surface area contributed by atoms with Crippen molar-refractivity contribution >= 4 is 29.0 Å². The van der Waals surface area contributed by atoms with Gasteiger partial charge in [-0.3, -0.25) is 9.59 Å². The van der Waals surface area contributed by atoms with Crippen LogP contribution in [0.4, 0.5) is 5.69 Å². The van der Waals surface area contributed by atoms with E-state index >= 15 is 0 Å². The molecule has 0 atom stereocenters. The first-order valence-corrected chi connectivity index (χ1v) is 5.78. The minimum Gasteiger partial charge on any atom is -0.300 e. The maximum absolute atomic E-state index is 11.9. The third-order valence-corrected chi connectivity index (χ3v) is 3.14. The highest BCUT2D eigenvalue weighted by atomic mass is 35.5. The first-order valence-electron chi connectivity index (χ1n) is 5.24. The summed E-state index contributed by atoms with van der Waals surface area (Å²) in [5.74, 6) is -0.675. The Labute approximate surface area is 105 Å². The molecule has 1 aromatic carbocycles. The number of para-hydroxylation sites is 1. The van der Waals surface area contributed by atoms with E-state index in [1.54, 1.807) is 12.1 Å². The van der Waals surface area contributed by atoms with Crippen LogP contribution in [0.3, 0.4) is 0 Å². The Morgan fingerprint density at radius 2 is 2.12 bits per heavy atom. The maximum atomic E-state index is 11.9. The quantitative estimate of drug-likeness (QED) is 0.468. The molecule has 0 radical (unpaired) electrons.